The number of fused-ring (bicyclic) bond motifs is 1. The van der Waals surface area contributed by atoms with Crippen LogP contribution in [-0.2, 0) is 0 Å². The van der Waals surface area contributed by atoms with Crippen molar-refractivity contribution < 1.29 is 9.90 Å². The number of aromatic nitrogens is 3. The second-order valence-corrected chi connectivity index (χ2v) is 4.05. The summed E-state index contributed by atoms with van der Waals surface area (Å²) in [6.45, 7) is 1.77. The van der Waals surface area contributed by atoms with E-state index in [9.17, 15) is 4.79 Å². The molecule has 2 aromatic heterocycles. The zero-order valence-corrected chi connectivity index (χ0v) is 9.87. The first-order chi connectivity index (χ1) is 7.02. The van der Waals surface area contributed by atoms with Crippen molar-refractivity contribution in [1.82, 2.24) is 14.6 Å². The van der Waals surface area contributed by atoms with Gasteiger partial charge in [0, 0.05) is 6.20 Å². The van der Waals surface area contributed by atoms with Crippen molar-refractivity contribution in [2.75, 3.05) is 0 Å². The summed E-state index contributed by atoms with van der Waals surface area (Å²) in [5.41, 5.74) is 1.13. The molecule has 0 aromatic carbocycles. The van der Waals surface area contributed by atoms with Gasteiger partial charge in [-0.05, 0) is 22.9 Å². The smallest absolute Gasteiger partial charge is 0.340 e. The van der Waals surface area contributed by atoms with E-state index in [-0.39, 0.29) is 10.7 Å². The second kappa shape index (κ2) is 3.46. The lowest BCUT2D eigenvalue weighted by Crippen LogP contribution is -2.04. The first-order valence-electron chi connectivity index (χ1n) is 3.95. The van der Waals surface area contributed by atoms with Gasteiger partial charge in [-0.25, -0.2) is 14.3 Å². The number of aromatic carboxylic acids is 1. The summed E-state index contributed by atoms with van der Waals surface area (Å²) in [5, 5.41) is 12.9. The SMILES string of the molecule is Cc1nn2c(Cl)c(C(=O)O)cnc2c1Br. The summed E-state index contributed by atoms with van der Waals surface area (Å²) in [6.07, 6.45) is 1.21. The van der Waals surface area contributed by atoms with Crippen LogP contribution in [-0.4, -0.2) is 25.7 Å². The predicted octanol–water partition coefficient (Wildman–Crippen LogP) is 2.15. The number of nitrogens with zero attached hydrogens (tertiary/aromatic N) is 3. The molecule has 0 spiro atoms. The number of aryl methyl sites for hydroxylation is 1. The summed E-state index contributed by atoms with van der Waals surface area (Å²) in [4.78, 5) is 14.8. The Labute approximate surface area is 97.8 Å². The number of halogens is 2. The Hall–Kier alpha value is -1.14. The number of carboxylic acid groups (broad SMARTS) is 1. The summed E-state index contributed by atoms with van der Waals surface area (Å²) in [5.74, 6) is -1.13. The molecular weight excluding hydrogens is 285 g/mol. The summed E-state index contributed by atoms with van der Waals surface area (Å²) < 4.78 is 2.01. The quantitative estimate of drug-likeness (QED) is 0.817. The zero-order valence-electron chi connectivity index (χ0n) is 7.53. The zero-order chi connectivity index (χ0) is 11.2. The number of carboxylic acids is 1. The van der Waals surface area contributed by atoms with Crippen LogP contribution in [0.25, 0.3) is 5.65 Å². The lowest BCUT2D eigenvalue weighted by Gasteiger charge is -2.00. The molecule has 0 radical (unpaired) electrons. The minimum absolute atomic E-state index is 0.0429. The maximum absolute atomic E-state index is 10.8. The lowest BCUT2D eigenvalue weighted by molar-refractivity contribution is 0.0696. The van der Waals surface area contributed by atoms with Crippen LogP contribution in [0.1, 0.15) is 16.1 Å². The highest BCUT2D eigenvalue weighted by Gasteiger charge is 2.16. The molecule has 0 amide bonds. The van der Waals surface area contributed by atoms with E-state index in [0.717, 1.165) is 0 Å². The molecule has 0 fully saturated rings. The van der Waals surface area contributed by atoms with E-state index in [1.165, 1.54) is 10.7 Å². The van der Waals surface area contributed by atoms with Crippen molar-refractivity contribution in [2.24, 2.45) is 0 Å². The topological polar surface area (TPSA) is 67.5 Å². The van der Waals surface area contributed by atoms with Crippen molar-refractivity contribution in [1.29, 1.82) is 0 Å². The maximum atomic E-state index is 10.8. The fourth-order valence-electron chi connectivity index (χ4n) is 1.18. The molecular formula is C8H5BrClN3O2. The van der Waals surface area contributed by atoms with Crippen LogP contribution in [0.2, 0.25) is 5.15 Å². The van der Waals surface area contributed by atoms with Gasteiger partial charge in [-0.15, -0.1) is 0 Å². The molecule has 0 bridgehead atoms. The summed E-state index contributed by atoms with van der Waals surface area (Å²) in [6, 6.07) is 0. The highest BCUT2D eigenvalue weighted by molar-refractivity contribution is 9.10. The Bertz CT molecular complexity index is 567. The normalized spacial score (nSPS) is 10.9. The standard InChI is InChI=1S/C8H5BrClN3O2/c1-3-5(9)7-11-2-4(8(14)15)6(10)13(7)12-3/h2H,1H3,(H,14,15). The number of hydrogen-bond donors (Lipinski definition) is 1. The number of rotatable bonds is 1. The molecule has 2 rings (SSSR count). The van der Waals surface area contributed by atoms with Crippen LogP contribution in [0.3, 0.4) is 0 Å². The van der Waals surface area contributed by atoms with Crippen LogP contribution in [0.15, 0.2) is 10.7 Å². The predicted molar refractivity (Wildman–Crippen MR) is 57.4 cm³/mol. The van der Waals surface area contributed by atoms with Crippen molar-refractivity contribution in [3.05, 3.63) is 27.1 Å². The highest BCUT2D eigenvalue weighted by atomic mass is 79.9. The van der Waals surface area contributed by atoms with Gasteiger partial charge in [0.15, 0.2) is 5.65 Å². The van der Waals surface area contributed by atoms with Gasteiger partial charge in [-0.1, -0.05) is 11.6 Å². The third-order valence-electron chi connectivity index (χ3n) is 1.92. The van der Waals surface area contributed by atoms with E-state index in [1.807, 2.05) is 0 Å². The molecule has 1 N–H and O–H groups in total. The van der Waals surface area contributed by atoms with Gasteiger partial charge in [0.05, 0.1) is 10.2 Å². The van der Waals surface area contributed by atoms with Gasteiger partial charge in [-0.3, -0.25) is 0 Å². The Morgan fingerprint density at radius 1 is 1.67 bits per heavy atom. The van der Waals surface area contributed by atoms with Gasteiger partial charge in [0.1, 0.15) is 10.7 Å². The van der Waals surface area contributed by atoms with E-state index in [0.29, 0.717) is 15.8 Å². The first-order valence-corrected chi connectivity index (χ1v) is 5.12. The maximum Gasteiger partial charge on any atom is 0.340 e. The van der Waals surface area contributed by atoms with E-state index in [2.05, 4.69) is 26.0 Å². The Morgan fingerprint density at radius 2 is 2.33 bits per heavy atom. The van der Waals surface area contributed by atoms with Crippen molar-refractivity contribution in [2.45, 2.75) is 6.92 Å². The molecule has 0 saturated carbocycles. The molecule has 0 aliphatic carbocycles. The Kier molecular flexibility index (Phi) is 2.40. The highest BCUT2D eigenvalue weighted by Crippen LogP contribution is 2.24. The van der Waals surface area contributed by atoms with E-state index < -0.39 is 5.97 Å². The minimum Gasteiger partial charge on any atom is -0.478 e. The number of hydrogen-bond acceptors (Lipinski definition) is 3. The monoisotopic (exact) mass is 289 g/mol. The molecule has 2 heterocycles. The first kappa shape index (κ1) is 10.4. The van der Waals surface area contributed by atoms with Gasteiger partial charge in [-0.2, -0.15) is 5.10 Å². The molecule has 15 heavy (non-hydrogen) atoms. The molecule has 0 aliphatic rings. The third kappa shape index (κ3) is 1.49. The molecule has 78 valence electrons. The van der Waals surface area contributed by atoms with Gasteiger partial charge in [0.25, 0.3) is 0 Å². The van der Waals surface area contributed by atoms with Crippen LogP contribution >= 0.6 is 27.5 Å². The van der Waals surface area contributed by atoms with E-state index >= 15 is 0 Å². The fraction of sp³-hybridized carbons (Fsp3) is 0.125. The van der Waals surface area contributed by atoms with Gasteiger partial charge < -0.3 is 5.11 Å². The average Bonchev–Trinajstić information content (AvgIpc) is 2.45. The second-order valence-electron chi connectivity index (χ2n) is 2.90. The number of carbonyl (C=O) groups is 1. The molecule has 0 unspecified atom stereocenters. The fourth-order valence-corrected chi connectivity index (χ4v) is 1.78. The Balaban J connectivity index is 2.85. The molecule has 7 heteroatoms. The molecule has 0 aliphatic heterocycles. The van der Waals surface area contributed by atoms with E-state index in [4.69, 9.17) is 16.7 Å². The van der Waals surface area contributed by atoms with E-state index in [1.54, 1.807) is 6.92 Å². The van der Waals surface area contributed by atoms with Crippen molar-refractivity contribution in [3.8, 4) is 0 Å². The van der Waals surface area contributed by atoms with Gasteiger partial charge in [0.2, 0.25) is 0 Å². The van der Waals surface area contributed by atoms with Crippen LogP contribution in [0.5, 0.6) is 0 Å². The largest absolute Gasteiger partial charge is 0.478 e. The molecule has 5 nitrogen and oxygen atoms in total. The van der Waals surface area contributed by atoms with Crippen LogP contribution in [0, 0.1) is 6.92 Å². The molecule has 0 atom stereocenters. The van der Waals surface area contributed by atoms with Crippen LogP contribution < -0.4 is 0 Å². The lowest BCUT2D eigenvalue weighted by atomic mass is 10.3. The van der Waals surface area contributed by atoms with Crippen molar-refractivity contribution >= 4 is 39.1 Å². The average molecular weight is 291 g/mol. The molecule has 2 aromatic rings. The van der Waals surface area contributed by atoms with Gasteiger partial charge >= 0.3 is 5.97 Å². The Morgan fingerprint density at radius 3 is 2.93 bits per heavy atom. The minimum atomic E-state index is -1.13. The molecule has 0 saturated heterocycles. The summed E-state index contributed by atoms with van der Waals surface area (Å²) >= 11 is 9.18. The van der Waals surface area contributed by atoms with Crippen LogP contribution in [0.4, 0.5) is 0 Å². The van der Waals surface area contributed by atoms with Crippen molar-refractivity contribution in [3.63, 3.8) is 0 Å². The third-order valence-corrected chi connectivity index (χ3v) is 3.21. The summed E-state index contributed by atoms with van der Waals surface area (Å²) in [7, 11) is 0.